The van der Waals surface area contributed by atoms with Gasteiger partial charge in [0.05, 0.1) is 23.8 Å². The quantitative estimate of drug-likeness (QED) is 0.393. The van der Waals surface area contributed by atoms with Crippen molar-refractivity contribution in [3.63, 3.8) is 0 Å². The summed E-state index contributed by atoms with van der Waals surface area (Å²) in [6.45, 7) is 0. The summed E-state index contributed by atoms with van der Waals surface area (Å²) in [6.07, 6.45) is 3.10. The Morgan fingerprint density at radius 1 is 1.28 bits per heavy atom. The molecule has 4 fully saturated rings. The van der Waals surface area contributed by atoms with Crippen LogP contribution < -0.4 is 0 Å². The van der Waals surface area contributed by atoms with Crippen LogP contribution in [0.4, 0.5) is 0 Å². The zero-order valence-corrected chi connectivity index (χ0v) is 16.4. The lowest BCUT2D eigenvalue weighted by Crippen LogP contribution is -2.99. The molecule has 7 unspecified atom stereocenters. The predicted octanol–water partition coefficient (Wildman–Crippen LogP) is 3.77. The van der Waals surface area contributed by atoms with E-state index in [1.54, 1.807) is 0 Å². The number of esters is 1. The molecule has 7 atom stereocenters. The maximum absolute atomic E-state index is 12.3. The molecular weight excluding hydrogens is 451 g/mol. The van der Waals surface area contributed by atoms with Gasteiger partial charge in [-0.1, -0.05) is 46.3 Å². The maximum Gasteiger partial charge on any atom is 0.312 e. The van der Waals surface area contributed by atoms with Gasteiger partial charge in [0.15, 0.2) is 0 Å². The van der Waals surface area contributed by atoms with E-state index in [0.29, 0.717) is 27.6 Å². The highest BCUT2D eigenvalue weighted by molar-refractivity contribution is 14.1. The monoisotopic (exact) mass is 466 g/mol. The lowest BCUT2D eigenvalue weighted by molar-refractivity contribution is -0.445. The number of benzene rings is 1. The van der Waals surface area contributed by atoms with Crippen molar-refractivity contribution in [1.82, 2.24) is 9.78 Å². The average molecular weight is 467 g/mol. The minimum Gasteiger partial charge on any atom is -0.469 e. The summed E-state index contributed by atoms with van der Waals surface area (Å²) in [5, 5.41) is 5.66. The Morgan fingerprint density at radius 2 is 2.04 bits per heavy atom. The number of carbonyl (C=O) groups is 1. The van der Waals surface area contributed by atoms with Gasteiger partial charge in [-0.05, 0) is 48.3 Å². The molecule has 6 heteroatoms. The minimum absolute atomic E-state index is 0.0206. The van der Waals surface area contributed by atoms with Crippen LogP contribution in [0.2, 0.25) is 5.02 Å². The van der Waals surface area contributed by atoms with E-state index in [2.05, 4.69) is 39.5 Å². The molecule has 1 aromatic carbocycles. The van der Waals surface area contributed by atoms with Crippen LogP contribution in [0.25, 0.3) is 11.3 Å². The molecule has 4 nitrogen and oxygen atoms in total. The molecule has 0 N–H and O–H groups in total. The summed E-state index contributed by atoms with van der Waals surface area (Å²) >= 11 is 8.54. The summed E-state index contributed by atoms with van der Waals surface area (Å²) in [4.78, 5) is 12.3. The van der Waals surface area contributed by atoms with Crippen LogP contribution in [-0.2, 0) is 15.1 Å². The molecule has 1 heterocycles. The Morgan fingerprint density at radius 3 is 2.64 bits per heavy atom. The molecular formula is C19H16ClIN2O2. The molecule has 0 aliphatic heterocycles. The normalized spacial score (nSPS) is 44.5. The number of ether oxygens (including phenoxy) is 1. The Kier molecular flexibility index (Phi) is 2.66. The summed E-state index contributed by atoms with van der Waals surface area (Å²) in [6, 6.07) is 9.91. The standard InChI is InChI=1S/C19H16ClIN2O2/c1-25-17(24)18-8-11-13(18)14-15(18)16(21)19(11,14)23-7-6-12(22-23)9-2-4-10(20)5-3-9/h2-7,11,13-16H,8H2,1H3. The van der Waals surface area contributed by atoms with Crippen molar-refractivity contribution in [2.45, 2.75) is 15.9 Å². The SMILES string of the molecule is COC(=O)C12CC3C1C1C2C(I)C31n1ccc(-c2ccc(Cl)cc2)n1. The lowest BCUT2D eigenvalue weighted by Gasteiger charge is -2.94. The molecule has 0 bridgehead atoms. The summed E-state index contributed by atoms with van der Waals surface area (Å²) < 4.78 is 7.79. The topological polar surface area (TPSA) is 44.1 Å². The number of nitrogens with zero attached hydrogens (tertiary/aromatic N) is 2. The van der Waals surface area contributed by atoms with E-state index in [1.807, 2.05) is 24.3 Å². The molecule has 4 aliphatic carbocycles. The smallest absolute Gasteiger partial charge is 0.312 e. The predicted molar refractivity (Wildman–Crippen MR) is 101 cm³/mol. The number of carbonyl (C=O) groups excluding carboxylic acids is 1. The van der Waals surface area contributed by atoms with Gasteiger partial charge in [-0.25, -0.2) is 0 Å². The van der Waals surface area contributed by atoms with Gasteiger partial charge >= 0.3 is 5.97 Å². The molecule has 0 spiro atoms. The van der Waals surface area contributed by atoms with Crippen LogP contribution in [0, 0.1) is 29.1 Å². The Labute approximate surface area is 164 Å². The van der Waals surface area contributed by atoms with Crippen molar-refractivity contribution >= 4 is 40.2 Å². The third-order valence-electron chi connectivity index (χ3n) is 7.53. The fourth-order valence-corrected chi connectivity index (χ4v) is 9.02. The molecule has 0 radical (unpaired) electrons. The van der Waals surface area contributed by atoms with Gasteiger partial charge in [0.25, 0.3) is 0 Å². The number of methoxy groups -OCH3 is 1. The van der Waals surface area contributed by atoms with Crippen LogP contribution in [0.3, 0.4) is 0 Å². The van der Waals surface area contributed by atoms with E-state index in [9.17, 15) is 4.79 Å². The molecule has 4 saturated carbocycles. The van der Waals surface area contributed by atoms with Gasteiger partial charge in [0, 0.05) is 20.7 Å². The number of halogens is 2. The van der Waals surface area contributed by atoms with E-state index in [1.165, 1.54) is 7.11 Å². The highest BCUT2D eigenvalue weighted by Gasteiger charge is 2.99. The Bertz CT molecular complexity index is 910. The third kappa shape index (κ3) is 1.33. The summed E-state index contributed by atoms with van der Waals surface area (Å²) in [5.74, 6) is 2.19. The Hall–Kier alpha value is -1.08. The number of hydrogen-bond acceptors (Lipinski definition) is 3. The van der Waals surface area contributed by atoms with Gasteiger partial charge in [0.1, 0.15) is 0 Å². The first-order valence-electron chi connectivity index (χ1n) is 8.61. The fourth-order valence-electron chi connectivity index (χ4n) is 6.64. The van der Waals surface area contributed by atoms with E-state index in [-0.39, 0.29) is 16.9 Å². The largest absolute Gasteiger partial charge is 0.469 e. The van der Waals surface area contributed by atoms with Crippen molar-refractivity contribution in [2.75, 3.05) is 7.11 Å². The molecule has 6 rings (SSSR count). The van der Waals surface area contributed by atoms with Crippen LogP contribution in [0.15, 0.2) is 36.5 Å². The molecule has 0 amide bonds. The van der Waals surface area contributed by atoms with Crippen molar-refractivity contribution < 1.29 is 9.53 Å². The average Bonchev–Trinajstić information content (AvgIpc) is 3.10. The summed E-state index contributed by atoms with van der Waals surface area (Å²) in [5.41, 5.74) is 2.03. The number of hydrogen-bond donors (Lipinski definition) is 0. The second-order valence-corrected chi connectivity index (χ2v) is 9.64. The van der Waals surface area contributed by atoms with Crippen LogP contribution >= 0.6 is 34.2 Å². The van der Waals surface area contributed by atoms with Gasteiger partial charge < -0.3 is 4.74 Å². The highest BCUT2D eigenvalue weighted by Crippen LogP contribution is 2.94. The minimum atomic E-state index is -0.163. The first-order valence-corrected chi connectivity index (χ1v) is 10.2. The van der Waals surface area contributed by atoms with Crippen LogP contribution in [-0.4, -0.2) is 26.8 Å². The second kappa shape index (κ2) is 4.42. The molecule has 0 saturated heterocycles. The Balaban J connectivity index is 1.35. The van der Waals surface area contributed by atoms with Crippen molar-refractivity contribution in [3.05, 3.63) is 41.6 Å². The van der Waals surface area contributed by atoms with Gasteiger partial charge in [0.2, 0.25) is 0 Å². The summed E-state index contributed by atoms with van der Waals surface area (Å²) in [7, 11) is 1.52. The first-order chi connectivity index (χ1) is 12.1. The van der Waals surface area contributed by atoms with E-state index < -0.39 is 0 Å². The molecule has 4 aliphatic rings. The molecule has 128 valence electrons. The van der Waals surface area contributed by atoms with Crippen molar-refractivity contribution in [3.8, 4) is 11.3 Å². The zero-order valence-electron chi connectivity index (χ0n) is 13.5. The van der Waals surface area contributed by atoms with Crippen molar-refractivity contribution in [2.24, 2.45) is 29.1 Å². The van der Waals surface area contributed by atoms with Gasteiger partial charge in [-0.2, -0.15) is 5.10 Å². The molecule has 2 aromatic rings. The number of alkyl halides is 1. The number of aromatic nitrogens is 2. The number of rotatable bonds is 3. The van der Waals surface area contributed by atoms with Crippen molar-refractivity contribution in [1.29, 1.82) is 0 Å². The fraction of sp³-hybridized carbons (Fsp3) is 0.474. The van der Waals surface area contributed by atoms with Gasteiger partial charge in [-0.3, -0.25) is 9.48 Å². The van der Waals surface area contributed by atoms with E-state index in [4.69, 9.17) is 21.4 Å². The first kappa shape index (κ1) is 15.0. The van der Waals surface area contributed by atoms with Crippen LogP contribution in [0.5, 0.6) is 0 Å². The second-order valence-electron chi connectivity index (χ2n) is 7.86. The van der Waals surface area contributed by atoms with E-state index in [0.717, 1.165) is 22.7 Å². The molecule has 1 aromatic heterocycles. The number of fused-ring (bicyclic) bond motifs is 2. The zero-order chi connectivity index (χ0) is 17.1. The van der Waals surface area contributed by atoms with E-state index >= 15 is 0 Å². The molecule has 25 heavy (non-hydrogen) atoms. The maximum atomic E-state index is 12.3. The third-order valence-corrected chi connectivity index (χ3v) is 9.56. The van der Waals surface area contributed by atoms with Crippen LogP contribution in [0.1, 0.15) is 6.42 Å². The van der Waals surface area contributed by atoms with Gasteiger partial charge in [-0.15, -0.1) is 0 Å². The highest BCUT2D eigenvalue weighted by atomic mass is 127. The lowest BCUT2D eigenvalue weighted by atomic mass is 9.11.